The van der Waals surface area contributed by atoms with Crippen molar-refractivity contribution < 1.29 is 8.42 Å². The van der Waals surface area contributed by atoms with Crippen LogP contribution in [0.25, 0.3) is 0 Å². The van der Waals surface area contributed by atoms with Crippen LogP contribution in [0.3, 0.4) is 0 Å². The second-order valence-corrected chi connectivity index (χ2v) is 5.96. The van der Waals surface area contributed by atoms with E-state index >= 15 is 0 Å². The van der Waals surface area contributed by atoms with E-state index in [0.29, 0.717) is 12.1 Å². The van der Waals surface area contributed by atoms with Crippen LogP contribution in [-0.2, 0) is 16.8 Å². The highest BCUT2D eigenvalue weighted by Gasteiger charge is 2.09. The average molecular weight is 267 g/mol. The van der Waals surface area contributed by atoms with E-state index in [1.165, 1.54) is 0 Å². The van der Waals surface area contributed by atoms with Gasteiger partial charge in [0, 0.05) is 13.1 Å². The molecule has 0 unspecified atom stereocenters. The van der Waals surface area contributed by atoms with Gasteiger partial charge in [0.25, 0.3) is 10.2 Å². The topological polar surface area (TPSA) is 82.0 Å². The van der Waals surface area contributed by atoms with Gasteiger partial charge in [-0.3, -0.25) is 0 Å². The molecule has 0 aliphatic rings. The van der Waals surface area contributed by atoms with Crippen molar-refractivity contribution in [3.63, 3.8) is 0 Å². The highest BCUT2D eigenvalue weighted by atomic mass is 32.2. The summed E-state index contributed by atoms with van der Waals surface area (Å²) in [7, 11) is -3.48. The van der Waals surface area contributed by atoms with Crippen molar-refractivity contribution in [3.8, 4) is 6.07 Å². The predicted molar refractivity (Wildman–Crippen MR) is 69.8 cm³/mol. The third-order valence-corrected chi connectivity index (χ3v) is 3.28. The van der Waals surface area contributed by atoms with E-state index in [4.69, 9.17) is 5.26 Å². The molecule has 0 spiro atoms. The van der Waals surface area contributed by atoms with Gasteiger partial charge in [-0.05, 0) is 23.6 Å². The van der Waals surface area contributed by atoms with Crippen LogP contribution >= 0.6 is 0 Å². The molecular formula is C12H17N3O2S. The Morgan fingerprint density at radius 2 is 2.06 bits per heavy atom. The summed E-state index contributed by atoms with van der Waals surface area (Å²) in [6, 6.07) is 8.84. The minimum atomic E-state index is -3.48. The van der Waals surface area contributed by atoms with Crippen molar-refractivity contribution >= 4 is 10.2 Å². The first-order valence-electron chi connectivity index (χ1n) is 5.66. The first kappa shape index (κ1) is 14.6. The van der Waals surface area contributed by atoms with Gasteiger partial charge in [-0.25, -0.2) is 4.72 Å². The Labute approximate surface area is 108 Å². The molecule has 0 heterocycles. The smallest absolute Gasteiger partial charge is 0.202 e. The molecule has 0 amide bonds. The number of hydrogen-bond donors (Lipinski definition) is 2. The Bertz CT molecular complexity index is 532. The molecule has 0 saturated carbocycles. The third-order valence-electron chi connectivity index (χ3n) is 2.20. The molecule has 1 aromatic carbocycles. The van der Waals surface area contributed by atoms with Gasteiger partial charge in [-0.2, -0.15) is 18.4 Å². The summed E-state index contributed by atoms with van der Waals surface area (Å²) in [5.41, 5.74) is 1.27. The van der Waals surface area contributed by atoms with Crippen molar-refractivity contribution in [3.05, 3.63) is 35.4 Å². The maximum Gasteiger partial charge on any atom is 0.277 e. The molecule has 6 heteroatoms. The van der Waals surface area contributed by atoms with Gasteiger partial charge in [-0.1, -0.05) is 26.0 Å². The van der Waals surface area contributed by atoms with E-state index in [2.05, 4.69) is 9.44 Å². The van der Waals surface area contributed by atoms with E-state index in [0.717, 1.165) is 5.56 Å². The summed E-state index contributed by atoms with van der Waals surface area (Å²) >= 11 is 0. The number of nitrogens with one attached hydrogen (secondary N) is 2. The summed E-state index contributed by atoms with van der Waals surface area (Å²) in [5.74, 6) is 0.253. The molecule has 1 rings (SSSR count). The zero-order valence-corrected chi connectivity index (χ0v) is 11.3. The molecule has 2 N–H and O–H groups in total. The normalized spacial score (nSPS) is 11.4. The van der Waals surface area contributed by atoms with Crippen LogP contribution in [-0.4, -0.2) is 15.0 Å². The number of nitrogens with zero attached hydrogens (tertiary/aromatic N) is 1. The minimum absolute atomic E-state index is 0.170. The van der Waals surface area contributed by atoms with Gasteiger partial charge >= 0.3 is 0 Å². The third kappa shape index (κ3) is 5.27. The van der Waals surface area contributed by atoms with E-state index in [1.807, 2.05) is 19.9 Å². The van der Waals surface area contributed by atoms with Crippen molar-refractivity contribution in [1.29, 1.82) is 5.26 Å². The molecule has 18 heavy (non-hydrogen) atoms. The first-order chi connectivity index (χ1) is 8.43. The van der Waals surface area contributed by atoms with Crippen molar-refractivity contribution in [2.75, 3.05) is 6.54 Å². The van der Waals surface area contributed by atoms with Crippen molar-refractivity contribution in [2.24, 2.45) is 5.92 Å². The highest BCUT2D eigenvalue weighted by molar-refractivity contribution is 7.87. The molecule has 98 valence electrons. The Hall–Kier alpha value is -1.42. The quantitative estimate of drug-likeness (QED) is 0.810. The van der Waals surface area contributed by atoms with Gasteiger partial charge in [0.15, 0.2) is 0 Å². The lowest BCUT2D eigenvalue weighted by atomic mass is 10.1. The molecule has 0 aliphatic heterocycles. The predicted octanol–water partition coefficient (Wildman–Crippen LogP) is 1.14. The Morgan fingerprint density at radius 3 is 2.67 bits per heavy atom. The molecule has 1 aromatic rings. The summed E-state index contributed by atoms with van der Waals surface area (Å²) in [4.78, 5) is 0. The second kappa shape index (κ2) is 6.50. The van der Waals surface area contributed by atoms with Crippen LogP contribution in [0.4, 0.5) is 0 Å². The fraction of sp³-hybridized carbons (Fsp3) is 0.417. The van der Waals surface area contributed by atoms with Crippen LogP contribution in [0.15, 0.2) is 24.3 Å². The zero-order valence-electron chi connectivity index (χ0n) is 10.5. The summed E-state index contributed by atoms with van der Waals surface area (Å²) in [5, 5.41) is 8.73. The number of hydrogen-bond acceptors (Lipinski definition) is 3. The lowest BCUT2D eigenvalue weighted by Gasteiger charge is -2.10. The van der Waals surface area contributed by atoms with Gasteiger partial charge in [0.05, 0.1) is 11.6 Å². The SMILES string of the molecule is CC(C)CNS(=O)(=O)NCc1cccc(C#N)c1. The maximum absolute atomic E-state index is 11.6. The monoisotopic (exact) mass is 267 g/mol. The molecule has 0 atom stereocenters. The molecule has 0 saturated heterocycles. The van der Waals surface area contributed by atoms with Crippen LogP contribution < -0.4 is 9.44 Å². The summed E-state index contributed by atoms with van der Waals surface area (Å²) in [6.07, 6.45) is 0. The Kier molecular flexibility index (Phi) is 5.28. The summed E-state index contributed by atoms with van der Waals surface area (Å²) < 4.78 is 28.0. The van der Waals surface area contributed by atoms with E-state index in [-0.39, 0.29) is 12.5 Å². The fourth-order valence-electron chi connectivity index (χ4n) is 1.26. The largest absolute Gasteiger partial charge is 0.277 e. The van der Waals surface area contributed by atoms with Gasteiger partial charge in [-0.15, -0.1) is 0 Å². The fourth-order valence-corrected chi connectivity index (χ4v) is 2.27. The Balaban J connectivity index is 2.56. The molecule has 0 aliphatic carbocycles. The zero-order chi connectivity index (χ0) is 13.6. The lowest BCUT2D eigenvalue weighted by molar-refractivity contribution is 0.547. The van der Waals surface area contributed by atoms with Crippen molar-refractivity contribution in [2.45, 2.75) is 20.4 Å². The van der Waals surface area contributed by atoms with Crippen LogP contribution in [0, 0.1) is 17.2 Å². The number of benzene rings is 1. The number of nitriles is 1. The van der Waals surface area contributed by atoms with Crippen LogP contribution in [0.5, 0.6) is 0 Å². The lowest BCUT2D eigenvalue weighted by Crippen LogP contribution is -2.37. The highest BCUT2D eigenvalue weighted by Crippen LogP contribution is 2.04. The maximum atomic E-state index is 11.6. The van der Waals surface area contributed by atoms with E-state index in [9.17, 15) is 8.42 Å². The standard InChI is InChI=1S/C12H17N3O2S/c1-10(2)8-14-18(16,17)15-9-12-5-3-4-11(6-12)7-13/h3-6,10,14-15H,8-9H2,1-2H3. The molecule has 0 radical (unpaired) electrons. The molecule has 0 bridgehead atoms. The average Bonchev–Trinajstić information content (AvgIpc) is 2.35. The van der Waals surface area contributed by atoms with Crippen LogP contribution in [0.2, 0.25) is 0 Å². The molecular weight excluding hydrogens is 250 g/mol. The van der Waals surface area contributed by atoms with E-state index < -0.39 is 10.2 Å². The second-order valence-electron chi connectivity index (χ2n) is 4.38. The van der Waals surface area contributed by atoms with E-state index in [1.54, 1.807) is 24.3 Å². The van der Waals surface area contributed by atoms with Gasteiger partial charge in [0.2, 0.25) is 0 Å². The van der Waals surface area contributed by atoms with Gasteiger partial charge < -0.3 is 0 Å². The van der Waals surface area contributed by atoms with Crippen molar-refractivity contribution in [1.82, 2.24) is 9.44 Å². The van der Waals surface area contributed by atoms with Gasteiger partial charge in [0.1, 0.15) is 0 Å². The summed E-state index contributed by atoms with van der Waals surface area (Å²) in [6.45, 7) is 4.42. The Morgan fingerprint density at radius 1 is 1.33 bits per heavy atom. The minimum Gasteiger partial charge on any atom is -0.202 e. The molecule has 5 nitrogen and oxygen atoms in total. The first-order valence-corrected chi connectivity index (χ1v) is 7.14. The number of rotatable bonds is 6. The molecule has 0 aromatic heterocycles. The van der Waals surface area contributed by atoms with Crippen LogP contribution in [0.1, 0.15) is 25.0 Å². The molecule has 0 fully saturated rings.